The molecule has 106 valence electrons. The summed E-state index contributed by atoms with van der Waals surface area (Å²) in [6.45, 7) is 10.8. The SMILES string of the molecule is CCOc1cc(C)c(Cl)c(C)c1C(C)C(C)C(N)=S. The van der Waals surface area contributed by atoms with Crippen LogP contribution in [-0.4, -0.2) is 11.6 Å². The van der Waals surface area contributed by atoms with E-state index in [9.17, 15) is 0 Å². The topological polar surface area (TPSA) is 35.2 Å². The van der Waals surface area contributed by atoms with E-state index in [0.29, 0.717) is 11.6 Å². The first-order chi connectivity index (χ1) is 8.81. The maximum atomic E-state index is 6.36. The molecule has 0 saturated heterocycles. The van der Waals surface area contributed by atoms with Crippen LogP contribution < -0.4 is 10.5 Å². The van der Waals surface area contributed by atoms with Gasteiger partial charge in [0.25, 0.3) is 0 Å². The highest BCUT2D eigenvalue weighted by Gasteiger charge is 2.24. The van der Waals surface area contributed by atoms with Crippen LogP contribution in [0, 0.1) is 19.8 Å². The summed E-state index contributed by atoms with van der Waals surface area (Å²) in [5, 5.41) is 0.792. The number of thiocarbonyl (C=S) groups is 1. The van der Waals surface area contributed by atoms with Gasteiger partial charge in [0.05, 0.1) is 11.6 Å². The number of aryl methyl sites for hydroxylation is 1. The normalized spacial score (nSPS) is 14.0. The lowest BCUT2D eigenvalue weighted by molar-refractivity contribution is 0.332. The summed E-state index contributed by atoms with van der Waals surface area (Å²) in [6.07, 6.45) is 0. The van der Waals surface area contributed by atoms with E-state index < -0.39 is 0 Å². The molecule has 19 heavy (non-hydrogen) atoms. The summed E-state index contributed by atoms with van der Waals surface area (Å²) in [5.41, 5.74) is 8.97. The molecule has 1 aromatic rings. The maximum Gasteiger partial charge on any atom is 0.123 e. The summed E-state index contributed by atoms with van der Waals surface area (Å²) in [7, 11) is 0. The Labute approximate surface area is 126 Å². The Kier molecular flexibility index (Phi) is 5.63. The van der Waals surface area contributed by atoms with E-state index in [1.54, 1.807) is 0 Å². The van der Waals surface area contributed by atoms with Crippen molar-refractivity contribution in [2.75, 3.05) is 6.61 Å². The van der Waals surface area contributed by atoms with Gasteiger partial charge in [-0.25, -0.2) is 0 Å². The van der Waals surface area contributed by atoms with E-state index in [2.05, 4.69) is 6.92 Å². The van der Waals surface area contributed by atoms with E-state index in [1.807, 2.05) is 33.8 Å². The van der Waals surface area contributed by atoms with Gasteiger partial charge in [0.1, 0.15) is 5.75 Å². The van der Waals surface area contributed by atoms with Gasteiger partial charge in [-0.15, -0.1) is 0 Å². The van der Waals surface area contributed by atoms with Gasteiger partial charge in [-0.1, -0.05) is 37.7 Å². The number of benzene rings is 1. The Morgan fingerprint density at radius 2 is 2.00 bits per heavy atom. The Morgan fingerprint density at radius 3 is 2.47 bits per heavy atom. The molecule has 0 aliphatic carbocycles. The van der Waals surface area contributed by atoms with E-state index in [0.717, 1.165) is 27.5 Å². The smallest absolute Gasteiger partial charge is 0.123 e. The van der Waals surface area contributed by atoms with Crippen LogP contribution in [0.15, 0.2) is 6.07 Å². The quantitative estimate of drug-likeness (QED) is 0.819. The molecule has 0 aliphatic rings. The number of rotatable bonds is 5. The van der Waals surface area contributed by atoms with Gasteiger partial charge in [-0.3, -0.25) is 0 Å². The summed E-state index contributed by atoms with van der Waals surface area (Å²) in [5.74, 6) is 1.17. The predicted octanol–water partition coefficient (Wildman–Crippen LogP) is 4.38. The molecule has 1 aromatic carbocycles. The Bertz CT molecular complexity index is 488. The third-order valence-electron chi connectivity index (χ3n) is 3.65. The Morgan fingerprint density at radius 1 is 1.42 bits per heavy atom. The fourth-order valence-corrected chi connectivity index (χ4v) is 2.63. The number of ether oxygens (including phenoxy) is 1. The molecule has 0 aromatic heterocycles. The zero-order valence-corrected chi connectivity index (χ0v) is 13.8. The summed E-state index contributed by atoms with van der Waals surface area (Å²) in [4.78, 5) is 0.519. The monoisotopic (exact) mass is 299 g/mol. The van der Waals surface area contributed by atoms with Crippen LogP contribution >= 0.6 is 23.8 Å². The molecular weight excluding hydrogens is 278 g/mol. The molecular formula is C15H22ClNOS. The highest BCUT2D eigenvalue weighted by Crippen LogP contribution is 2.39. The molecule has 2 unspecified atom stereocenters. The molecule has 2 nitrogen and oxygen atoms in total. The second kappa shape index (κ2) is 6.58. The molecule has 0 bridgehead atoms. The lowest BCUT2D eigenvalue weighted by Gasteiger charge is -2.25. The number of hydrogen-bond acceptors (Lipinski definition) is 2. The van der Waals surface area contributed by atoms with E-state index in [4.69, 9.17) is 34.3 Å². The predicted molar refractivity (Wildman–Crippen MR) is 86.5 cm³/mol. The van der Waals surface area contributed by atoms with Crippen molar-refractivity contribution in [2.24, 2.45) is 11.7 Å². The van der Waals surface area contributed by atoms with Crippen molar-refractivity contribution in [2.45, 2.75) is 40.5 Å². The Balaban J connectivity index is 3.38. The zero-order chi connectivity index (χ0) is 14.7. The van der Waals surface area contributed by atoms with Crippen molar-refractivity contribution in [1.82, 2.24) is 0 Å². The molecule has 4 heteroatoms. The van der Waals surface area contributed by atoms with Gasteiger partial charge < -0.3 is 10.5 Å². The van der Waals surface area contributed by atoms with Gasteiger partial charge in [0, 0.05) is 16.5 Å². The van der Waals surface area contributed by atoms with E-state index in [1.165, 1.54) is 0 Å². The standard InChI is InChI=1S/C15H22ClNOS/c1-6-18-12-7-8(2)14(16)11(5)13(12)9(3)10(4)15(17)19/h7,9-10H,6H2,1-5H3,(H2,17,19). The van der Waals surface area contributed by atoms with Crippen molar-refractivity contribution in [1.29, 1.82) is 0 Å². The van der Waals surface area contributed by atoms with Crippen molar-refractivity contribution in [3.05, 3.63) is 27.8 Å². The minimum absolute atomic E-state index is 0.103. The van der Waals surface area contributed by atoms with Gasteiger partial charge in [-0.05, 0) is 43.9 Å². The van der Waals surface area contributed by atoms with Crippen molar-refractivity contribution in [3.8, 4) is 5.75 Å². The first kappa shape index (κ1) is 16.3. The molecule has 0 amide bonds. The first-order valence-electron chi connectivity index (χ1n) is 6.52. The fraction of sp³-hybridized carbons (Fsp3) is 0.533. The average Bonchev–Trinajstić information content (AvgIpc) is 2.35. The van der Waals surface area contributed by atoms with Crippen LogP contribution in [0.25, 0.3) is 0 Å². The van der Waals surface area contributed by atoms with Crippen molar-refractivity contribution in [3.63, 3.8) is 0 Å². The van der Waals surface area contributed by atoms with Crippen LogP contribution in [0.4, 0.5) is 0 Å². The van der Waals surface area contributed by atoms with Crippen LogP contribution in [-0.2, 0) is 0 Å². The first-order valence-corrected chi connectivity index (χ1v) is 7.31. The molecule has 0 aliphatic heterocycles. The summed E-state index contributed by atoms with van der Waals surface area (Å²) >= 11 is 11.5. The Hall–Kier alpha value is -0.800. The average molecular weight is 300 g/mol. The molecule has 0 saturated carbocycles. The number of halogens is 1. The minimum Gasteiger partial charge on any atom is -0.494 e. The summed E-state index contributed by atoms with van der Waals surface area (Å²) in [6, 6.07) is 2.00. The van der Waals surface area contributed by atoms with Crippen LogP contribution in [0.5, 0.6) is 5.75 Å². The van der Waals surface area contributed by atoms with Gasteiger partial charge in [0.15, 0.2) is 0 Å². The highest BCUT2D eigenvalue weighted by molar-refractivity contribution is 7.80. The van der Waals surface area contributed by atoms with Gasteiger partial charge in [0.2, 0.25) is 0 Å². The third kappa shape index (κ3) is 3.40. The van der Waals surface area contributed by atoms with Crippen molar-refractivity contribution < 1.29 is 4.74 Å². The second-order valence-electron chi connectivity index (χ2n) is 4.96. The van der Waals surface area contributed by atoms with Gasteiger partial charge >= 0.3 is 0 Å². The molecule has 0 heterocycles. The lowest BCUT2D eigenvalue weighted by Crippen LogP contribution is -2.24. The van der Waals surface area contributed by atoms with E-state index in [-0.39, 0.29) is 11.8 Å². The van der Waals surface area contributed by atoms with Crippen LogP contribution in [0.2, 0.25) is 5.02 Å². The lowest BCUT2D eigenvalue weighted by atomic mass is 9.85. The summed E-state index contributed by atoms with van der Waals surface area (Å²) < 4.78 is 5.76. The maximum absolute atomic E-state index is 6.36. The zero-order valence-electron chi connectivity index (χ0n) is 12.2. The molecule has 1 rings (SSSR count). The molecule has 0 fully saturated rings. The largest absolute Gasteiger partial charge is 0.494 e. The van der Waals surface area contributed by atoms with Crippen LogP contribution in [0.3, 0.4) is 0 Å². The second-order valence-corrected chi connectivity index (χ2v) is 5.81. The molecule has 2 N–H and O–H groups in total. The third-order valence-corrected chi connectivity index (χ3v) is 4.60. The molecule has 0 radical (unpaired) electrons. The molecule has 2 atom stereocenters. The van der Waals surface area contributed by atoms with Crippen molar-refractivity contribution >= 4 is 28.8 Å². The fourth-order valence-electron chi connectivity index (χ4n) is 2.27. The number of nitrogens with two attached hydrogens (primary N) is 1. The minimum atomic E-state index is 0.103. The number of hydrogen-bond donors (Lipinski definition) is 1. The van der Waals surface area contributed by atoms with E-state index >= 15 is 0 Å². The highest BCUT2D eigenvalue weighted by atomic mass is 35.5. The van der Waals surface area contributed by atoms with Gasteiger partial charge in [-0.2, -0.15) is 0 Å². The molecule has 0 spiro atoms. The van der Waals surface area contributed by atoms with Crippen LogP contribution in [0.1, 0.15) is 43.4 Å².